The summed E-state index contributed by atoms with van der Waals surface area (Å²) in [5.41, 5.74) is 0.488. The molecule has 0 aliphatic carbocycles. The standard InChI is InChI=1S/C20H22N4O4/c1-2-3-19(25)23-10-7-15(8-11-23)24-18(6-9-21-24)22-20(26)14-4-5-16-17(12-14)28-13-27-16/h2,4-6,9,12,15H,1,3,7-8,10-11,13H2,(H,22,26). The highest BCUT2D eigenvalue weighted by atomic mass is 16.7. The summed E-state index contributed by atoms with van der Waals surface area (Å²) < 4.78 is 12.4. The van der Waals surface area contributed by atoms with Gasteiger partial charge in [0.2, 0.25) is 12.7 Å². The van der Waals surface area contributed by atoms with E-state index in [4.69, 9.17) is 9.47 Å². The first-order chi connectivity index (χ1) is 13.7. The van der Waals surface area contributed by atoms with Crippen LogP contribution in [0.4, 0.5) is 5.82 Å². The van der Waals surface area contributed by atoms with Crippen LogP contribution in [0.25, 0.3) is 0 Å². The van der Waals surface area contributed by atoms with Gasteiger partial charge in [0.25, 0.3) is 5.91 Å². The van der Waals surface area contributed by atoms with Crippen molar-refractivity contribution >= 4 is 17.6 Å². The molecule has 0 radical (unpaired) electrons. The number of nitrogens with one attached hydrogen (secondary N) is 1. The molecular formula is C20H22N4O4. The number of carbonyl (C=O) groups excluding carboxylic acids is 2. The lowest BCUT2D eigenvalue weighted by atomic mass is 10.0. The van der Waals surface area contributed by atoms with Crippen molar-refractivity contribution in [3.8, 4) is 11.5 Å². The number of nitrogens with zero attached hydrogens (tertiary/aromatic N) is 3. The van der Waals surface area contributed by atoms with Gasteiger partial charge in [-0.05, 0) is 31.0 Å². The smallest absolute Gasteiger partial charge is 0.256 e. The topological polar surface area (TPSA) is 85.7 Å². The second-order valence-electron chi connectivity index (χ2n) is 6.79. The normalized spacial score (nSPS) is 16.1. The Kier molecular flexibility index (Phi) is 5.01. The van der Waals surface area contributed by atoms with Crippen LogP contribution in [-0.4, -0.2) is 46.4 Å². The van der Waals surface area contributed by atoms with Gasteiger partial charge in [0.15, 0.2) is 11.5 Å². The Morgan fingerprint density at radius 2 is 2.00 bits per heavy atom. The quantitative estimate of drug-likeness (QED) is 0.804. The number of likely N-dealkylation sites (tertiary alicyclic amines) is 1. The number of piperidine rings is 1. The molecule has 2 aliphatic rings. The Hall–Kier alpha value is -3.29. The molecule has 1 aromatic carbocycles. The molecule has 8 nitrogen and oxygen atoms in total. The Morgan fingerprint density at radius 3 is 2.79 bits per heavy atom. The van der Waals surface area contributed by atoms with Crippen LogP contribution >= 0.6 is 0 Å². The van der Waals surface area contributed by atoms with Crippen LogP contribution in [0.1, 0.15) is 35.7 Å². The second-order valence-corrected chi connectivity index (χ2v) is 6.79. The molecule has 0 unspecified atom stereocenters. The summed E-state index contributed by atoms with van der Waals surface area (Å²) in [6.45, 7) is 5.13. The molecule has 0 saturated carbocycles. The zero-order valence-electron chi connectivity index (χ0n) is 15.5. The van der Waals surface area contributed by atoms with Crippen LogP contribution in [-0.2, 0) is 4.79 Å². The van der Waals surface area contributed by atoms with E-state index in [0.29, 0.717) is 42.4 Å². The molecule has 1 saturated heterocycles. The van der Waals surface area contributed by atoms with Gasteiger partial charge in [0.05, 0.1) is 12.2 Å². The Labute approximate surface area is 162 Å². The molecule has 0 atom stereocenters. The fourth-order valence-corrected chi connectivity index (χ4v) is 3.54. The van der Waals surface area contributed by atoms with Gasteiger partial charge in [0.1, 0.15) is 5.82 Å². The Morgan fingerprint density at radius 1 is 1.21 bits per heavy atom. The lowest BCUT2D eigenvalue weighted by Gasteiger charge is -2.32. The highest BCUT2D eigenvalue weighted by molar-refractivity contribution is 6.04. The molecule has 0 bridgehead atoms. The first kappa shape index (κ1) is 18.1. The number of hydrogen-bond acceptors (Lipinski definition) is 5. The summed E-state index contributed by atoms with van der Waals surface area (Å²) in [5, 5.41) is 7.31. The van der Waals surface area contributed by atoms with Crippen LogP contribution in [0, 0.1) is 0 Å². The van der Waals surface area contributed by atoms with E-state index in [-0.39, 0.29) is 24.6 Å². The van der Waals surface area contributed by atoms with Gasteiger partial charge in [-0.15, -0.1) is 6.58 Å². The fourth-order valence-electron chi connectivity index (χ4n) is 3.54. The summed E-state index contributed by atoms with van der Waals surface area (Å²) in [4.78, 5) is 26.5. The van der Waals surface area contributed by atoms with Crippen LogP contribution in [0.5, 0.6) is 11.5 Å². The van der Waals surface area contributed by atoms with Gasteiger partial charge in [0, 0.05) is 31.1 Å². The number of ether oxygens (including phenoxy) is 2. The third-order valence-electron chi connectivity index (χ3n) is 5.03. The van der Waals surface area contributed by atoms with Gasteiger partial charge >= 0.3 is 0 Å². The molecule has 1 N–H and O–H groups in total. The predicted molar refractivity (Wildman–Crippen MR) is 102 cm³/mol. The molecule has 2 amide bonds. The summed E-state index contributed by atoms with van der Waals surface area (Å²) in [5.74, 6) is 1.71. The number of aromatic nitrogens is 2. The van der Waals surface area contributed by atoms with Gasteiger partial charge in [-0.25, -0.2) is 4.68 Å². The zero-order chi connectivity index (χ0) is 19.5. The summed E-state index contributed by atoms with van der Waals surface area (Å²) in [7, 11) is 0. The van der Waals surface area contributed by atoms with Crippen molar-refractivity contribution < 1.29 is 19.1 Å². The van der Waals surface area contributed by atoms with E-state index in [9.17, 15) is 9.59 Å². The minimum absolute atomic E-state index is 0.102. The summed E-state index contributed by atoms with van der Waals surface area (Å²) in [6.07, 6.45) is 5.24. The van der Waals surface area contributed by atoms with E-state index in [1.807, 2.05) is 9.58 Å². The number of rotatable bonds is 5. The van der Waals surface area contributed by atoms with Crippen molar-refractivity contribution in [1.29, 1.82) is 0 Å². The lowest BCUT2D eigenvalue weighted by molar-refractivity contribution is -0.131. The molecule has 146 valence electrons. The van der Waals surface area contributed by atoms with Crippen molar-refractivity contribution in [2.75, 3.05) is 25.2 Å². The van der Waals surface area contributed by atoms with E-state index >= 15 is 0 Å². The molecule has 2 aliphatic heterocycles. The van der Waals surface area contributed by atoms with Crippen molar-refractivity contribution in [3.63, 3.8) is 0 Å². The number of hydrogen-bond donors (Lipinski definition) is 1. The first-order valence-corrected chi connectivity index (χ1v) is 9.29. The lowest BCUT2D eigenvalue weighted by Crippen LogP contribution is -2.39. The largest absolute Gasteiger partial charge is 0.454 e. The third kappa shape index (κ3) is 3.58. The molecular weight excluding hydrogens is 360 g/mol. The maximum Gasteiger partial charge on any atom is 0.256 e. The highest BCUT2D eigenvalue weighted by Gasteiger charge is 2.25. The van der Waals surface area contributed by atoms with Crippen molar-refractivity contribution in [3.05, 3.63) is 48.7 Å². The molecule has 2 aromatic rings. The van der Waals surface area contributed by atoms with Crippen molar-refractivity contribution in [2.45, 2.75) is 25.3 Å². The average Bonchev–Trinajstić information content (AvgIpc) is 3.37. The number of carbonyl (C=O) groups is 2. The van der Waals surface area contributed by atoms with Gasteiger partial charge in [-0.3, -0.25) is 9.59 Å². The van der Waals surface area contributed by atoms with Crippen LogP contribution in [0.15, 0.2) is 43.1 Å². The number of amides is 2. The van der Waals surface area contributed by atoms with Crippen LogP contribution in [0.3, 0.4) is 0 Å². The molecule has 0 spiro atoms. The molecule has 4 rings (SSSR count). The highest BCUT2D eigenvalue weighted by Crippen LogP contribution is 2.33. The zero-order valence-corrected chi connectivity index (χ0v) is 15.5. The molecule has 28 heavy (non-hydrogen) atoms. The molecule has 3 heterocycles. The van der Waals surface area contributed by atoms with Gasteiger partial charge in [-0.2, -0.15) is 5.10 Å². The van der Waals surface area contributed by atoms with Crippen LogP contribution < -0.4 is 14.8 Å². The maximum absolute atomic E-state index is 12.6. The Balaban J connectivity index is 1.41. The van der Waals surface area contributed by atoms with E-state index in [0.717, 1.165) is 12.8 Å². The number of anilines is 1. The monoisotopic (exact) mass is 382 g/mol. The van der Waals surface area contributed by atoms with Gasteiger partial charge in [-0.1, -0.05) is 6.08 Å². The van der Waals surface area contributed by atoms with E-state index in [2.05, 4.69) is 17.0 Å². The predicted octanol–water partition coefficient (Wildman–Crippen LogP) is 2.60. The SMILES string of the molecule is C=CCC(=O)N1CCC(n2nccc2NC(=O)c2ccc3c(c2)OCO3)CC1. The maximum atomic E-state index is 12.6. The fraction of sp³-hybridized carbons (Fsp3) is 0.350. The Bertz CT molecular complexity index is 899. The minimum Gasteiger partial charge on any atom is -0.454 e. The second kappa shape index (κ2) is 7.75. The van der Waals surface area contributed by atoms with Crippen LogP contribution in [0.2, 0.25) is 0 Å². The summed E-state index contributed by atoms with van der Waals surface area (Å²) in [6, 6.07) is 7.01. The number of benzene rings is 1. The molecule has 1 aromatic heterocycles. The minimum atomic E-state index is -0.237. The van der Waals surface area contributed by atoms with Crippen molar-refractivity contribution in [2.24, 2.45) is 0 Å². The van der Waals surface area contributed by atoms with Gasteiger partial charge < -0.3 is 19.7 Å². The van der Waals surface area contributed by atoms with E-state index in [1.165, 1.54) is 0 Å². The first-order valence-electron chi connectivity index (χ1n) is 9.29. The van der Waals surface area contributed by atoms with E-state index < -0.39 is 0 Å². The third-order valence-corrected chi connectivity index (χ3v) is 5.03. The molecule has 8 heteroatoms. The molecule has 1 fully saturated rings. The van der Waals surface area contributed by atoms with Crippen molar-refractivity contribution in [1.82, 2.24) is 14.7 Å². The average molecular weight is 382 g/mol. The van der Waals surface area contributed by atoms with E-state index in [1.54, 1.807) is 36.5 Å². The number of fused-ring (bicyclic) bond motifs is 1. The summed E-state index contributed by atoms with van der Waals surface area (Å²) >= 11 is 0.